The Labute approximate surface area is 158 Å². The Hall–Kier alpha value is -2.54. The van der Waals surface area contributed by atoms with Crippen LogP contribution in [0.1, 0.15) is 36.0 Å². The minimum atomic E-state index is -0.368. The molecule has 142 valence electrons. The highest BCUT2D eigenvalue weighted by Crippen LogP contribution is 2.25. The highest BCUT2D eigenvalue weighted by molar-refractivity contribution is 6.03. The summed E-state index contributed by atoms with van der Waals surface area (Å²) in [6.07, 6.45) is 7.00. The second-order valence-corrected chi connectivity index (χ2v) is 7.16. The van der Waals surface area contributed by atoms with Crippen LogP contribution in [0.4, 0.5) is 16.2 Å². The fourth-order valence-electron chi connectivity index (χ4n) is 3.92. The van der Waals surface area contributed by atoms with Crippen LogP contribution in [-0.4, -0.2) is 53.0 Å². The van der Waals surface area contributed by atoms with Crippen LogP contribution in [0.5, 0.6) is 0 Å². The number of aromatic nitrogens is 2. The highest BCUT2D eigenvalue weighted by atomic mass is 19.1. The van der Waals surface area contributed by atoms with Gasteiger partial charge in [-0.05, 0) is 43.2 Å². The van der Waals surface area contributed by atoms with E-state index in [1.165, 1.54) is 49.9 Å². The number of carbonyl (C=O) groups excluding carboxylic acids is 1. The highest BCUT2D eigenvalue weighted by Gasteiger charge is 2.27. The molecule has 0 unspecified atom stereocenters. The molecule has 7 heteroatoms. The predicted molar refractivity (Wildman–Crippen MR) is 102 cm³/mol. The Morgan fingerprint density at radius 3 is 2.44 bits per heavy atom. The Bertz CT molecular complexity index is 783. The number of anilines is 2. The Kier molecular flexibility index (Phi) is 5.29. The number of benzene rings is 1. The fourth-order valence-corrected chi connectivity index (χ4v) is 3.92. The number of rotatable bonds is 4. The molecule has 2 aliphatic rings. The lowest BCUT2D eigenvalue weighted by molar-refractivity contribution is 0.102. The van der Waals surface area contributed by atoms with Gasteiger partial charge in [0.15, 0.2) is 0 Å². The first kappa shape index (κ1) is 17.9. The molecule has 1 N–H and O–H groups in total. The van der Waals surface area contributed by atoms with Crippen molar-refractivity contribution in [2.24, 2.45) is 0 Å². The van der Waals surface area contributed by atoms with Gasteiger partial charge in [0.1, 0.15) is 11.6 Å². The quantitative estimate of drug-likeness (QED) is 0.898. The van der Waals surface area contributed by atoms with E-state index in [1.54, 1.807) is 12.3 Å². The van der Waals surface area contributed by atoms with Gasteiger partial charge in [-0.1, -0.05) is 12.8 Å². The molecule has 1 aliphatic carbocycles. The van der Waals surface area contributed by atoms with Crippen LogP contribution < -0.4 is 10.2 Å². The molecule has 0 spiro atoms. The summed E-state index contributed by atoms with van der Waals surface area (Å²) < 4.78 is 13.0. The summed E-state index contributed by atoms with van der Waals surface area (Å²) >= 11 is 0. The maximum absolute atomic E-state index is 13.0. The minimum Gasteiger partial charge on any atom is -0.338 e. The van der Waals surface area contributed by atoms with Crippen LogP contribution in [0.25, 0.3) is 0 Å². The van der Waals surface area contributed by atoms with Crippen molar-refractivity contribution in [3.63, 3.8) is 0 Å². The number of nitrogens with zero attached hydrogens (tertiary/aromatic N) is 4. The molecule has 1 saturated carbocycles. The molecule has 1 aromatic carbocycles. The summed E-state index contributed by atoms with van der Waals surface area (Å²) in [5.41, 5.74) is 0.391. The number of carbonyl (C=O) groups is 1. The van der Waals surface area contributed by atoms with Crippen molar-refractivity contribution in [2.75, 3.05) is 36.4 Å². The van der Waals surface area contributed by atoms with Crippen molar-refractivity contribution < 1.29 is 9.18 Å². The minimum absolute atomic E-state index is 0.314. The number of hydrogen-bond donors (Lipinski definition) is 1. The molecule has 2 fully saturated rings. The summed E-state index contributed by atoms with van der Waals surface area (Å²) in [4.78, 5) is 25.9. The molecule has 0 atom stereocenters. The maximum Gasteiger partial charge on any atom is 0.256 e. The van der Waals surface area contributed by atoms with E-state index in [9.17, 15) is 9.18 Å². The number of piperazine rings is 1. The summed E-state index contributed by atoms with van der Waals surface area (Å²) in [7, 11) is 0. The number of hydrogen-bond acceptors (Lipinski definition) is 5. The van der Waals surface area contributed by atoms with E-state index < -0.39 is 0 Å². The van der Waals surface area contributed by atoms with Gasteiger partial charge >= 0.3 is 0 Å². The van der Waals surface area contributed by atoms with Crippen molar-refractivity contribution >= 4 is 17.7 Å². The van der Waals surface area contributed by atoms with Crippen molar-refractivity contribution in [2.45, 2.75) is 31.7 Å². The number of nitrogens with one attached hydrogen (secondary N) is 1. The van der Waals surface area contributed by atoms with E-state index in [0.29, 0.717) is 17.3 Å². The molecule has 0 radical (unpaired) electrons. The van der Waals surface area contributed by atoms with Crippen molar-refractivity contribution in [3.05, 3.63) is 47.9 Å². The van der Waals surface area contributed by atoms with Gasteiger partial charge in [-0.2, -0.15) is 4.98 Å². The van der Waals surface area contributed by atoms with Gasteiger partial charge in [0, 0.05) is 44.0 Å². The molecule has 0 bridgehead atoms. The lowest BCUT2D eigenvalue weighted by atomic mass is 10.2. The molecule has 1 aliphatic heterocycles. The number of halogens is 1. The van der Waals surface area contributed by atoms with Gasteiger partial charge in [-0.25, -0.2) is 9.37 Å². The van der Waals surface area contributed by atoms with Gasteiger partial charge in [0.05, 0.1) is 0 Å². The standard InChI is InChI=1S/C20H24FN5O/c21-16-7-5-15(6-8-16)19(27)23-18-9-10-22-20(24-18)26-13-11-25(12-14-26)17-3-1-2-4-17/h5-10,17H,1-4,11-14H2,(H,22,23,24,27). The number of amides is 1. The van der Waals surface area contributed by atoms with E-state index in [2.05, 4.69) is 25.1 Å². The lowest BCUT2D eigenvalue weighted by Crippen LogP contribution is -2.50. The summed E-state index contributed by atoms with van der Waals surface area (Å²) in [6, 6.07) is 7.85. The van der Waals surface area contributed by atoms with Crippen molar-refractivity contribution in [1.82, 2.24) is 14.9 Å². The van der Waals surface area contributed by atoms with Gasteiger partial charge in [0.25, 0.3) is 5.91 Å². The zero-order valence-corrected chi connectivity index (χ0v) is 15.3. The molecule has 4 rings (SSSR count). The second kappa shape index (κ2) is 8.00. The Morgan fingerprint density at radius 2 is 1.74 bits per heavy atom. The van der Waals surface area contributed by atoms with E-state index in [1.807, 2.05) is 0 Å². The zero-order chi connectivity index (χ0) is 18.6. The molecular weight excluding hydrogens is 345 g/mol. The SMILES string of the molecule is O=C(Nc1ccnc(N2CCN(C3CCCC3)CC2)n1)c1ccc(F)cc1. The van der Waals surface area contributed by atoms with E-state index >= 15 is 0 Å². The zero-order valence-electron chi connectivity index (χ0n) is 15.3. The normalized spacial score (nSPS) is 18.6. The first-order valence-corrected chi connectivity index (χ1v) is 9.58. The lowest BCUT2D eigenvalue weighted by Gasteiger charge is -2.38. The van der Waals surface area contributed by atoms with Gasteiger partial charge in [0.2, 0.25) is 5.95 Å². The summed E-state index contributed by atoms with van der Waals surface area (Å²) in [5.74, 6) is 0.406. The van der Waals surface area contributed by atoms with Crippen molar-refractivity contribution in [1.29, 1.82) is 0 Å². The molecule has 2 aromatic rings. The van der Waals surface area contributed by atoms with Crippen LogP contribution in [0.3, 0.4) is 0 Å². The second-order valence-electron chi connectivity index (χ2n) is 7.16. The topological polar surface area (TPSA) is 61.4 Å². The predicted octanol–water partition coefficient (Wildman–Crippen LogP) is 2.93. The Morgan fingerprint density at radius 1 is 1.04 bits per heavy atom. The third kappa shape index (κ3) is 4.24. The Balaban J connectivity index is 1.37. The van der Waals surface area contributed by atoms with Gasteiger partial charge in [-0.3, -0.25) is 9.69 Å². The summed E-state index contributed by atoms with van der Waals surface area (Å²) in [6.45, 7) is 3.85. The van der Waals surface area contributed by atoms with E-state index in [-0.39, 0.29) is 11.7 Å². The molecule has 6 nitrogen and oxygen atoms in total. The van der Waals surface area contributed by atoms with Crippen molar-refractivity contribution in [3.8, 4) is 0 Å². The molecule has 27 heavy (non-hydrogen) atoms. The molecule has 1 saturated heterocycles. The summed E-state index contributed by atoms with van der Waals surface area (Å²) in [5, 5.41) is 2.76. The van der Waals surface area contributed by atoms with Gasteiger partial charge < -0.3 is 10.2 Å². The van der Waals surface area contributed by atoms with E-state index in [0.717, 1.165) is 32.2 Å². The average molecular weight is 369 g/mol. The van der Waals surface area contributed by atoms with Crippen LogP contribution in [0.15, 0.2) is 36.5 Å². The molecule has 1 amide bonds. The maximum atomic E-state index is 13.0. The van der Waals surface area contributed by atoms with Crippen LogP contribution in [0.2, 0.25) is 0 Å². The third-order valence-electron chi connectivity index (χ3n) is 5.43. The molecule has 1 aromatic heterocycles. The molecular formula is C20H24FN5O. The largest absolute Gasteiger partial charge is 0.338 e. The molecule has 2 heterocycles. The monoisotopic (exact) mass is 369 g/mol. The van der Waals surface area contributed by atoms with Gasteiger partial charge in [-0.15, -0.1) is 0 Å². The van der Waals surface area contributed by atoms with Crippen LogP contribution in [0, 0.1) is 5.82 Å². The first-order valence-electron chi connectivity index (χ1n) is 9.58. The smallest absolute Gasteiger partial charge is 0.256 e. The van der Waals surface area contributed by atoms with Crippen LogP contribution in [-0.2, 0) is 0 Å². The fraction of sp³-hybridized carbons (Fsp3) is 0.450. The third-order valence-corrected chi connectivity index (χ3v) is 5.43. The average Bonchev–Trinajstić information content (AvgIpc) is 3.24. The van der Waals surface area contributed by atoms with Crippen LogP contribution >= 0.6 is 0 Å². The van der Waals surface area contributed by atoms with E-state index in [4.69, 9.17) is 0 Å². The first-order chi connectivity index (χ1) is 13.2.